The molecule has 0 aliphatic rings. The fourth-order valence-electron chi connectivity index (χ4n) is 17.2. The molecule has 4 nitrogen and oxygen atoms in total. The van der Waals surface area contributed by atoms with Crippen LogP contribution in [0, 0.1) is 0 Å². The minimum atomic E-state index is 1.24. The molecule has 0 saturated carbocycles. The van der Waals surface area contributed by atoms with Gasteiger partial charge in [0, 0.05) is 86.2 Å². The summed E-state index contributed by atoms with van der Waals surface area (Å²) in [5, 5.41) is 34.1. The Labute approximate surface area is 462 Å². The predicted octanol–water partition coefficient (Wildman–Crippen LogP) is 21.2. The average molecular weight is 1030 g/mol. The molecule has 15 aromatic carbocycles. The third-order valence-electron chi connectivity index (χ3n) is 20.3. The van der Waals surface area contributed by atoms with Crippen molar-refractivity contribution in [3.63, 3.8) is 0 Å². The third-order valence-corrected chi connectivity index (χ3v) is 20.3. The van der Waals surface area contributed by atoms with E-state index in [-0.39, 0.29) is 0 Å². The fourth-order valence-corrected chi connectivity index (χ4v) is 17.2. The molecular formula is C78H38N4. The summed E-state index contributed by atoms with van der Waals surface area (Å²) >= 11 is 0. The number of nitrogens with zero attached hydrogens (tertiary/aromatic N) is 4. The van der Waals surface area contributed by atoms with Crippen molar-refractivity contribution in [2.24, 2.45) is 0 Å². The fraction of sp³-hybridized carbons (Fsp3) is 0. The number of rotatable bonds is 1. The Hall–Kier alpha value is -10.9. The molecule has 23 aromatic rings. The summed E-state index contributed by atoms with van der Waals surface area (Å²) in [4.78, 5) is 0. The van der Waals surface area contributed by atoms with Gasteiger partial charge in [-0.05, 0) is 132 Å². The molecular weight excluding hydrogens is 993 g/mol. The van der Waals surface area contributed by atoms with Crippen LogP contribution in [-0.2, 0) is 0 Å². The monoisotopic (exact) mass is 1030 g/mol. The van der Waals surface area contributed by atoms with E-state index in [9.17, 15) is 0 Å². The highest BCUT2D eigenvalue weighted by Gasteiger charge is 2.27. The van der Waals surface area contributed by atoms with Crippen molar-refractivity contribution >= 4 is 206 Å². The van der Waals surface area contributed by atoms with Crippen molar-refractivity contribution < 1.29 is 0 Å². The molecule has 0 aliphatic heterocycles. The maximum absolute atomic E-state index is 2.57. The lowest BCUT2D eigenvalue weighted by Crippen LogP contribution is -1.88. The van der Waals surface area contributed by atoms with E-state index in [0.717, 1.165) is 0 Å². The lowest BCUT2D eigenvalue weighted by molar-refractivity contribution is 1.37. The SMILES string of the molecule is c1ccc2c(c1)c1cccc3c4cc5c(ccc6cc7c(cc65)c5cccc6c8c(-c9ccc%10c(c9)c9cccc%11c%12c%13ccc%14cc%15c(c%16ccc(cc%12n%10c9%11)c%13c%14%16)c9cccc%10c%11ccccc%11n%15c%109)cccc8n7c56)cc4n2c13. The van der Waals surface area contributed by atoms with Crippen molar-refractivity contribution in [3.05, 3.63) is 231 Å². The van der Waals surface area contributed by atoms with Crippen LogP contribution in [0.25, 0.3) is 217 Å². The summed E-state index contributed by atoms with van der Waals surface area (Å²) in [6, 6.07) is 88.6. The molecule has 0 amide bonds. The van der Waals surface area contributed by atoms with Crippen molar-refractivity contribution in [1.29, 1.82) is 0 Å². The van der Waals surface area contributed by atoms with Crippen LogP contribution < -0.4 is 0 Å². The third kappa shape index (κ3) is 4.29. The molecule has 0 bridgehead atoms. The molecule has 82 heavy (non-hydrogen) atoms. The van der Waals surface area contributed by atoms with Gasteiger partial charge in [0.15, 0.2) is 0 Å². The summed E-state index contributed by atoms with van der Waals surface area (Å²) in [7, 11) is 0. The standard InChI is InChI=1S/C78H38N4/c1-3-21-62-45(10-1)47-13-5-15-50-60-37-57-40(33-66(60)79(62)75(47)50)24-25-41-34-67-61(38-58(41)57)51-17-8-18-54-72-44(12-9-23-65(72)82(67)78(51)54)39-28-31-64-59(32-39)49-16-7-20-56-74-53-30-26-42-35-68-73(52-29-27-43(71(53)70(42)52)36-69(74)81(64)77(49)56)55-19-6-14-48-46-11-2-4-22-63(46)80(68)76(48)55/h1-38H. The highest BCUT2D eigenvalue weighted by molar-refractivity contribution is 6.40. The van der Waals surface area contributed by atoms with Gasteiger partial charge in [-0.1, -0.05) is 164 Å². The molecule has 0 radical (unpaired) electrons. The van der Waals surface area contributed by atoms with Gasteiger partial charge in [0.2, 0.25) is 0 Å². The van der Waals surface area contributed by atoms with E-state index in [1.165, 1.54) is 217 Å². The van der Waals surface area contributed by atoms with E-state index < -0.39 is 0 Å². The van der Waals surface area contributed by atoms with Crippen molar-refractivity contribution in [2.45, 2.75) is 0 Å². The molecule has 0 N–H and O–H groups in total. The lowest BCUT2D eigenvalue weighted by Gasteiger charge is -2.14. The van der Waals surface area contributed by atoms with E-state index in [4.69, 9.17) is 0 Å². The summed E-state index contributed by atoms with van der Waals surface area (Å²) < 4.78 is 10.1. The highest BCUT2D eigenvalue weighted by Crippen LogP contribution is 2.51. The minimum absolute atomic E-state index is 1.24. The Bertz CT molecular complexity index is 6920. The normalized spacial score (nSPS) is 13.4. The second kappa shape index (κ2) is 13.2. The molecule has 8 aromatic heterocycles. The summed E-state index contributed by atoms with van der Waals surface area (Å²) in [5.74, 6) is 0. The number of hydrogen-bond donors (Lipinski definition) is 0. The second-order valence-electron chi connectivity index (χ2n) is 23.8. The van der Waals surface area contributed by atoms with Crippen molar-refractivity contribution in [3.8, 4) is 11.1 Å². The largest absolute Gasteiger partial charge is 0.308 e. The Balaban J connectivity index is 0.719. The van der Waals surface area contributed by atoms with E-state index in [1.807, 2.05) is 0 Å². The van der Waals surface area contributed by atoms with E-state index in [1.54, 1.807) is 0 Å². The number of benzene rings is 15. The average Bonchev–Trinajstić information content (AvgIpc) is 2.68. The molecule has 0 aliphatic carbocycles. The maximum Gasteiger partial charge on any atom is 0.0620 e. The first kappa shape index (κ1) is 40.3. The molecule has 23 rings (SSSR count). The second-order valence-corrected chi connectivity index (χ2v) is 23.8. The zero-order valence-corrected chi connectivity index (χ0v) is 43.7. The van der Waals surface area contributed by atoms with Crippen molar-refractivity contribution in [1.82, 2.24) is 17.6 Å². The number of hydrogen-bond acceptors (Lipinski definition) is 0. The minimum Gasteiger partial charge on any atom is -0.308 e. The predicted molar refractivity (Wildman–Crippen MR) is 349 cm³/mol. The molecule has 370 valence electrons. The molecule has 0 spiro atoms. The Kier molecular flexibility index (Phi) is 6.49. The first-order valence-corrected chi connectivity index (χ1v) is 28.7. The van der Waals surface area contributed by atoms with Crippen LogP contribution in [-0.4, -0.2) is 17.6 Å². The van der Waals surface area contributed by atoms with Gasteiger partial charge in [0.25, 0.3) is 0 Å². The van der Waals surface area contributed by atoms with Crippen LogP contribution in [0.1, 0.15) is 0 Å². The van der Waals surface area contributed by atoms with Gasteiger partial charge in [-0.3, -0.25) is 0 Å². The quantitative estimate of drug-likeness (QED) is 0.146. The van der Waals surface area contributed by atoms with Crippen LogP contribution >= 0.6 is 0 Å². The topological polar surface area (TPSA) is 17.6 Å². The van der Waals surface area contributed by atoms with Crippen molar-refractivity contribution in [2.75, 3.05) is 0 Å². The molecule has 8 heterocycles. The van der Waals surface area contributed by atoms with Crippen LogP contribution in [0.2, 0.25) is 0 Å². The Morgan fingerprint density at radius 3 is 1.10 bits per heavy atom. The van der Waals surface area contributed by atoms with Crippen LogP contribution in [0.15, 0.2) is 231 Å². The number of aromatic nitrogens is 4. The van der Waals surface area contributed by atoms with Gasteiger partial charge in [0.1, 0.15) is 0 Å². The molecule has 0 atom stereocenters. The van der Waals surface area contributed by atoms with Gasteiger partial charge in [-0.2, -0.15) is 0 Å². The molecule has 0 saturated heterocycles. The zero-order chi connectivity index (χ0) is 52.3. The number of para-hydroxylation sites is 6. The van der Waals surface area contributed by atoms with Crippen LogP contribution in [0.4, 0.5) is 0 Å². The lowest BCUT2D eigenvalue weighted by atomic mass is 9.90. The van der Waals surface area contributed by atoms with E-state index in [2.05, 4.69) is 248 Å². The molecule has 4 heteroatoms. The van der Waals surface area contributed by atoms with Gasteiger partial charge in [-0.25, -0.2) is 0 Å². The maximum atomic E-state index is 2.57. The number of fused-ring (bicyclic) bond motifs is 29. The first-order chi connectivity index (χ1) is 40.7. The summed E-state index contributed by atoms with van der Waals surface area (Å²) in [6.07, 6.45) is 0. The molecule has 0 unspecified atom stereocenters. The highest BCUT2D eigenvalue weighted by atomic mass is 14.9. The van der Waals surface area contributed by atoms with Gasteiger partial charge < -0.3 is 17.6 Å². The van der Waals surface area contributed by atoms with Gasteiger partial charge in [0.05, 0.1) is 66.2 Å². The smallest absolute Gasteiger partial charge is 0.0620 e. The van der Waals surface area contributed by atoms with E-state index >= 15 is 0 Å². The first-order valence-electron chi connectivity index (χ1n) is 28.7. The Morgan fingerprint density at radius 2 is 0.549 bits per heavy atom. The molecule has 0 fully saturated rings. The van der Waals surface area contributed by atoms with Gasteiger partial charge >= 0.3 is 0 Å². The summed E-state index contributed by atoms with van der Waals surface area (Å²) in [5.41, 5.74) is 17.8. The van der Waals surface area contributed by atoms with Gasteiger partial charge in [-0.15, -0.1) is 0 Å². The van der Waals surface area contributed by atoms with Crippen LogP contribution in [0.3, 0.4) is 0 Å². The summed E-state index contributed by atoms with van der Waals surface area (Å²) in [6.45, 7) is 0. The van der Waals surface area contributed by atoms with E-state index in [0.29, 0.717) is 0 Å². The zero-order valence-electron chi connectivity index (χ0n) is 43.7. The Morgan fingerprint density at radius 1 is 0.171 bits per heavy atom. The van der Waals surface area contributed by atoms with Crippen LogP contribution in [0.5, 0.6) is 0 Å².